The molecule has 110 valence electrons. The molecule has 1 atom stereocenters. The molecule has 0 aliphatic rings. The van der Waals surface area contributed by atoms with Crippen molar-refractivity contribution >= 4 is 23.3 Å². The molecular formula is C15H17ClN4O. The third-order valence-electron chi connectivity index (χ3n) is 3.33. The number of likely N-dealkylation sites (N-methyl/N-ethyl adjacent to an activating group) is 1. The van der Waals surface area contributed by atoms with E-state index in [-0.39, 0.29) is 12.4 Å². The van der Waals surface area contributed by atoms with Crippen LogP contribution in [-0.2, 0) is 6.42 Å². The molecule has 0 aliphatic heterocycles. The van der Waals surface area contributed by atoms with Crippen LogP contribution in [0.4, 0.5) is 0 Å². The molecule has 0 fully saturated rings. The molecule has 0 aliphatic carbocycles. The van der Waals surface area contributed by atoms with Crippen molar-refractivity contribution in [2.75, 3.05) is 7.05 Å². The molecule has 5 nitrogen and oxygen atoms in total. The summed E-state index contributed by atoms with van der Waals surface area (Å²) in [6, 6.07) is 10.1. The van der Waals surface area contributed by atoms with E-state index in [1.54, 1.807) is 6.20 Å². The molecule has 0 saturated carbocycles. The van der Waals surface area contributed by atoms with E-state index >= 15 is 0 Å². The zero-order valence-electron chi connectivity index (χ0n) is 11.9. The minimum absolute atomic E-state index is 0. The van der Waals surface area contributed by atoms with Crippen LogP contribution in [0.5, 0.6) is 0 Å². The van der Waals surface area contributed by atoms with Crippen molar-refractivity contribution in [2.45, 2.75) is 19.4 Å². The predicted molar refractivity (Wildman–Crippen MR) is 84.5 cm³/mol. The van der Waals surface area contributed by atoms with Gasteiger partial charge in [0.25, 0.3) is 5.89 Å². The summed E-state index contributed by atoms with van der Waals surface area (Å²) in [5.74, 6) is 1.25. The maximum Gasteiger partial charge on any atom is 0.258 e. The Morgan fingerprint density at radius 3 is 2.90 bits per heavy atom. The van der Waals surface area contributed by atoms with E-state index in [4.69, 9.17) is 4.52 Å². The van der Waals surface area contributed by atoms with Crippen LogP contribution in [0.15, 0.2) is 41.1 Å². The Morgan fingerprint density at radius 2 is 2.10 bits per heavy atom. The van der Waals surface area contributed by atoms with Gasteiger partial charge in [-0.3, -0.25) is 4.98 Å². The zero-order chi connectivity index (χ0) is 13.9. The number of pyridine rings is 1. The highest BCUT2D eigenvalue weighted by molar-refractivity contribution is 5.92. The second kappa shape index (κ2) is 6.65. The lowest BCUT2D eigenvalue weighted by atomic mass is 10.1. The molecule has 0 amide bonds. The minimum Gasteiger partial charge on any atom is -0.334 e. The first-order valence-electron chi connectivity index (χ1n) is 6.62. The van der Waals surface area contributed by atoms with Gasteiger partial charge in [0, 0.05) is 29.6 Å². The standard InChI is InChI=1S/C15H16N4O.ClH/c1-10(16-2)9-14-18-15(20-19-14)12-5-3-7-13-11(12)6-4-8-17-13;/h3-8,10,16H,9H2,1-2H3;1H. The lowest BCUT2D eigenvalue weighted by Crippen LogP contribution is -2.24. The molecule has 1 unspecified atom stereocenters. The number of benzene rings is 1. The fourth-order valence-electron chi connectivity index (χ4n) is 2.11. The monoisotopic (exact) mass is 304 g/mol. The van der Waals surface area contributed by atoms with Gasteiger partial charge in [-0.05, 0) is 32.2 Å². The maximum absolute atomic E-state index is 5.39. The van der Waals surface area contributed by atoms with Crippen LogP contribution >= 0.6 is 12.4 Å². The molecule has 3 rings (SSSR count). The third-order valence-corrected chi connectivity index (χ3v) is 3.33. The summed E-state index contributed by atoms with van der Waals surface area (Å²) in [7, 11) is 1.92. The number of nitrogens with zero attached hydrogens (tertiary/aromatic N) is 3. The van der Waals surface area contributed by atoms with E-state index in [0.29, 0.717) is 17.8 Å². The second-order valence-corrected chi connectivity index (χ2v) is 4.79. The molecule has 0 radical (unpaired) electrons. The van der Waals surface area contributed by atoms with Crippen molar-refractivity contribution in [3.8, 4) is 11.5 Å². The molecule has 2 aromatic heterocycles. The Hall–Kier alpha value is -1.98. The van der Waals surface area contributed by atoms with Crippen LogP contribution in [0, 0.1) is 0 Å². The van der Waals surface area contributed by atoms with Crippen molar-refractivity contribution < 1.29 is 4.52 Å². The normalized spacial score (nSPS) is 12.1. The van der Waals surface area contributed by atoms with Gasteiger partial charge in [0.1, 0.15) is 0 Å². The molecule has 2 heterocycles. The molecule has 1 N–H and O–H groups in total. The van der Waals surface area contributed by atoms with Gasteiger partial charge in [0.05, 0.1) is 5.52 Å². The van der Waals surface area contributed by atoms with Crippen LogP contribution in [0.25, 0.3) is 22.4 Å². The van der Waals surface area contributed by atoms with Gasteiger partial charge in [-0.1, -0.05) is 17.3 Å². The van der Waals surface area contributed by atoms with Crippen molar-refractivity contribution in [1.82, 2.24) is 20.4 Å². The van der Waals surface area contributed by atoms with Crippen LogP contribution in [0.3, 0.4) is 0 Å². The summed E-state index contributed by atoms with van der Waals surface area (Å²) in [6.45, 7) is 2.08. The van der Waals surface area contributed by atoms with Gasteiger partial charge < -0.3 is 9.84 Å². The first-order chi connectivity index (χ1) is 9.78. The Morgan fingerprint density at radius 1 is 1.24 bits per heavy atom. The van der Waals surface area contributed by atoms with E-state index in [2.05, 4.69) is 27.4 Å². The highest BCUT2D eigenvalue weighted by Gasteiger charge is 2.13. The highest BCUT2D eigenvalue weighted by atomic mass is 35.5. The van der Waals surface area contributed by atoms with Crippen molar-refractivity contribution in [3.05, 3.63) is 42.4 Å². The zero-order valence-corrected chi connectivity index (χ0v) is 12.7. The average Bonchev–Trinajstić information content (AvgIpc) is 2.94. The SMILES string of the molecule is CNC(C)Cc1noc(-c2cccc3ncccc23)n1.Cl. The fraction of sp³-hybridized carbons (Fsp3) is 0.267. The molecule has 0 saturated heterocycles. The van der Waals surface area contributed by atoms with Gasteiger partial charge in [-0.15, -0.1) is 12.4 Å². The van der Waals surface area contributed by atoms with Gasteiger partial charge in [0.2, 0.25) is 0 Å². The molecular weight excluding hydrogens is 288 g/mol. The highest BCUT2D eigenvalue weighted by Crippen LogP contribution is 2.26. The van der Waals surface area contributed by atoms with Gasteiger partial charge in [-0.25, -0.2) is 0 Å². The number of halogens is 1. The van der Waals surface area contributed by atoms with Crippen molar-refractivity contribution in [2.24, 2.45) is 0 Å². The fourth-order valence-corrected chi connectivity index (χ4v) is 2.11. The van der Waals surface area contributed by atoms with Gasteiger partial charge in [-0.2, -0.15) is 4.98 Å². The number of hydrogen-bond acceptors (Lipinski definition) is 5. The Bertz CT molecular complexity index is 723. The van der Waals surface area contributed by atoms with E-state index in [1.165, 1.54) is 0 Å². The summed E-state index contributed by atoms with van der Waals surface area (Å²) in [6.07, 6.45) is 2.52. The van der Waals surface area contributed by atoms with E-state index in [0.717, 1.165) is 22.9 Å². The van der Waals surface area contributed by atoms with Crippen LogP contribution in [0.2, 0.25) is 0 Å². The Balaban J connectivity index is 0.00000161. The van der Waals surface area contributed by atoms with Crippen molar-refractivity contribution in [3.63, 3.8) is 0 Å². The number of aromatic nitrogens is 3. The predicted octanol–water partition coefficient (Wildman–Crippen LogP) is 2.86. The number of fused-ring (bicyclic) bond motifs is 1. The minimum atomic E-state index is 0. The van der Waals surface area contributed by atoms with E-state index in [1.807, 2.05) is 37.4 Å². The third kappa shape index (κ3) is 3.20. The topological polar surface area (TPSA) is 63.8 Å². The second-order valence-electron chi connectivity index (χ2n) is 4.79. The van der Waals surface area contributed by atoms with Gasteiger partial charge in [0.15, 0.2) is 5.82 Å². The van der Waals surface area contributed by atoms with Crippen molar-refractivity contribution in [1.29, 1.82) is 0 Å². The summed E-state index contributed by atoms with van der Waals surface area (Å²) in [5, 5.41) is 8.22. The summed E-state index contributed by atoms with van der Waals surface area (Å²) >= 11 is 0. The van der Waals surface area contributed by atoms with Gasteiger partial charge >= 0.3 is 0 Å². The Kier molecular flexibility index (Phi) is 4.88. The van der Waals surface area contributed by atoms with E-state index in [9.17, 15) is 0 Å². The Labute approximate surface area is 129 Å². The number of rotatable bonds is 4. The largest absolute Gasteiger partial charge is 0.334 e. The molecule has 6 heteroatoms. The summed E-state index contributed by atoms with van der Waals surface area (Å²) in [5.41, 5.74) is 1.85. The molecule has 21 heavy (non-hydrogen) atoms. The lowest BCUT2D eigenvalue weighted by Gasteiger charge is -2.04. The van der Waals surface area contributed by atoms with Crippen LogP contribution in [-0.4, -0.2) is 28.2 Å². The molecule has 3 aromatic rings. The first-order valence-corrected chi connectivity index (χ1v) is 6.62. The molecule has 1 aromatic carbocycles. The smallest absolute Gasteiger partial charge is 0.258 e. The quantitative estimate of drug-likeness (QED) is 0.803. The summed E-state index contributed by atoms with van der Waals surface area (Å²) < 4.78 is 5.39. The van der Waals surface area contributed by atoms with Crippen LogP contribution < -0.4 is 5.32 Å². The first kappa shape index (κ1) is 15.4. The van der Waals surface area contributed by atoms with E-state index < -0.39 is 0 Å². The molecule has 0 bridgehead atoms. The number of nitrogens with one attached hydrogen (secondary N) is 1. The number of hydrogen-bond donors (Lipinski definition) is 1. The summed E-state index contributed by atoms with van der Waals surface area (Å²) in [4.78, 5) is 8.81. The lowest BCUT2D eigenvalue weighted by molar-refractivity contribution is 0.418. The molecule has 0 spiro atoms. The van der Waals surface area contributed by atoms with Crippen LogP contribution in [0.1, 0.15) is 12.7 Å². The average molecular weight is 305 g/mol. The maximum atomic E-state index is 5.39.